The summed E-state index contributed by atoms with van der Waals surface area (Å²) in [5.74, 6) is 0.703. The standard InChI is InChI=1S/C16H22O2S/c17-19(18)13-7-12-16(19,14-8-3-1-4-9-14)15-10-5-2-6-11-15/h1,3-4,8-9,15H,2,5-7,10-13H2. The predicted octanol–water partition coefficient (Wildman–Crippen LogP) is 3.67. The molecule has 104 valence electrons. The van der Waals surface area contributed by atoms with Crippen molar-refractivity contribution >= 4 is 9.84 Å². The quantitative estimate of drug-likeness (QED) is 0.827. The number of benzene rings is 1. The summed E-state index contributed by atoms with van der Waals surface area (Å²) < 4.78 is 25.0. The van der Waals surface area contributed by atoms with Crippen LogP contribution in [0.15, 0.2) is 30.3 Å². The first-order valence-electron chi connectivity index (χ1n) is 7.45. The highest BCUT2D eigenvalue weighted by molar-refractivity contribution is 7.92. The summed E-state index contributed by atoms with van der Waals surface area (Å²) in [6.07, 6.45) is 7.45. The monoisotopic (exact) mass is 278 g/mol. The van der Waals surface area contributed by atoms with Gasteiger partial charge in [0.2, 0.25) is 0 Å². The van der Waals surface area contributed by atoms with Crippen LogP contribution in [0.5, 0.6) is 0 Å². The Morgan fingerprint density at radius 1 is 0.947 bits per heavy atom. The smallest absolute Gasteiger partial charge is 0.160 e. The van der Waals surface area contributed by atoms with E-state index in [0.717, 1.165) is 31.2 Å². The summed E-state index contributed by atoms with van der Waals surface area (Å²) in [4.78, 5) is 0. The number of hydrogen-bond acceptors (Lipinski definition) is 2. The molecule has 0 aromatic heterocycles. The normalized spacial score (nSPS) is 31.4. The molecule has 1 aromatic carbocycles. The van der Waals surface area contributed by atoms with Crippen molar-refractivity contribution in [2.24, 2.45) is 5.92 Å². The van der Waals surface area contributed by atoms with Gasteiger partial charge in [0, 0.05) is 0 Å². The Kier molecular flexibility index (Phi) is 3.42. The Labute approximate surface area is 116 Å². The molecule has 1 saturated heterocycles. The molecule has 0 radical (unpaired) electrons. The van der Waals surface area contributed by atoms with Crippen molar-refractivity contribution in [1.82, 2.24) is 0 Å². The van der Waals surface area contributed by atoms with Crippen LogP contribution in [0.25, 0.3) is 0 Å². The van der Waals surface area contributed by atoms with Crippen LogP contribution in [0, 0.1) is 5.92 Å². The molecule has 0 amide bonds. The fraction of sp³-hybridized carbons (Fsp3) is 0.625. The van der Waals surface area contributed by atoms with Gasteiger partial charge in [-0.3, -0.25) is 0 Å². The molecule has 1 aromatic rings. The van der Waals surface area contributed by atoms with Gasteiger partial charge in [-0.05, 0) is 37.2 Å². The Hall–Kier alpha value is -0.830. The highest BCUT2D eigenvalue weighted by atomic mass is 32.2. The second kappa shape index (κ2) is 4.93. The zero-order valence-corrected chi connectivity index (χ0v) is 12.2. The Morgan fingerprint density at radius 3 is 2.21 bits per heavy atom. The topological polar surface area (TPSA) is 34.1 Å². The van der Waals surface area contributed by atoms with Gasteiger partial charge in [-0.2, -0.15) is 0 Å². The van der Waals surface area contributed by atoms with Crippen molar-refractivity contribution in [3.05, 3.63) is 35.9 Å². The van der Waals surface area contributed by atoms with Crippen LogP contribution in [0.2, 0.25) is 0 Å². The minimum absolute atomic E-state index is 0.330. The molecule has 1 unspecified atom stereocenters. The molecule has 0 N–H and O–H groups in total. The van der Waals surface area contributed by atoms with Crippen LogP contribution >= 0.6 is 0 Å². The summed E-state index contributed by atoms with van der Waals surface area (Å²) in [7, 11) is -3.00. The van der Waals surface area contributed by atoms with Crippen LogP contribution in [-0.2, 0) is 14.6 Å². The van der Waals surface area contributed by atoms with Gasteiger partial charge in [-0.25, -0.2) is 8.42 Å². The highest BCUT2D eigenvalue weighted by Gasteiger charge is 2.53. The third-order valence-corrected chi connectivity index (χ3v) is 7.75. The van der Waals surface area contributed by atoms with E-state index in [9.17, 15) is 8.42 Å². The van der Waals surface area contributed by atoms with Crippen molar-refractivity contribution in [2.75, 3.05) is 5.75 Å². The molecule has 1 saturated carbocycles. The molecule has 2 fully saturated rings. The molecule has 1 heterocycles. The largest absolute Gasteiger partial charge is 0.228 e. The molecular formula is C16H22O2S. The van der Waals surface area contributed by atoms with Gasteiger partial charge in [0.05, 0.1) is 10.5 Å². The second-order valence-corrected chi connectivity index (χ2v) is 8.38. The van der Waals surface area contributed by atoms with Crippen molar-refractivity contribution in [2.45, 2.75) is 49.7 Å². The lowest BCUT2D eigenvalue weighted by Crippen LogP contribution is -2.40. The zero-order valence-electron chi connectivity index (χ0n) is 11.3. The lowest BCUT2D eigenvalue weighted by Gasteiger charge is -2.39. The zero-order chi connectivity index (χ0) is 13.3. The van der Waals surface area contributed by atoms with E-state index in [1.54, 1.807) is 0 Å². The molecule has 1 aliphatic heterocycles. The number of sulfone groups is 1. The summed E-state index contributed by atoms with van der Waals surface area (Å²) in [5, 5.41) is 0. The lowest BCUT2D eigenvalue weighted by molar-refractivity contribution is 0.265. The highest BCUT2D eigenvalue weighted by Crippen LogP contribution is 2.51. The summed E-state index contributed by atoms with van der Waals surface area (Å²) in [5.41, 5.74) is 1.04. The van der Waals surface area contributed by atoms with Gasteiger partial charge in [-0.1, -0.05) is 49.6 Å². The molecule has 3 heteroatoms. The maximum absolute atomic E-state index is 12.8. The van der Waals surface area contributed by atoms with Crippen LogP contribution < -0.4 is 0 Å². The van der Waals surface area contributed by atoms with Crippen molar-refractivity contribution < 1.29 is 8.42 Å². The van der Waals surface area contributed by atoms with E-state index >= 15 is 0 Å². The first-order chi connectivity index (χ1) is 9.17. The molecule has 1 aliphatic carbocycles. The summed E-state index contributed by atoms with van der Waals surface area (Å²) >= 11 is 0. The molecule has 0 bridgehead atoms. The summed E-state index contributed by atoms with van der Waals surface area (Å²) in [6, 6.07) is 9.98. The molecule has 2 aliphatic rings. The maximum atomic E-state index is 12.8. The average molecular weight is 278 g/mol. The Bertz CT molecular complexity index is 529. The third kappa shape index (κ3) is 2.03. The van der Waals surface area contributed by atoms with Gasteiger partial charge in [-0.15, -0.1) is 0 Å². The molecule has 2 nitrogen and oxygen atoms in total. The van der Waals surface area contributed by atoms with Crippen LogP contribution in [0.1, 0.15) is 50.5 Å². The molecule has 1 atom stereocenters. The first-order valence-corrected chi connectivity index (χ1v) is 9.10. The molecule has 3 rings (SSSR count). The van der Waals surface area contributed by atoms with E-state index in [-0.39, 0.29) is 0 Å². The maximum Gasteiger partial charge on any atom is 0.160 e. The van der Waals surface area contributed by atoms with Crippen molar-refractivity contribution in [3.8, 4) is 0 Å². The third-order valence-electron chi connectivity index (χ3n) is 5.04. The van der Waals surface area contributed by atoms with Gasteiger partial charge in [0.1, 0.15) is 0 Å². The predicted molar refractivity (Wildman–Crippen MR) is 77.7 cm³/mol. The van der Waals surface area contributed by atoms with Gasteiger partial charge in [0.25, 0.3) is 0 Å². The van der Waals surface area contributed by atoms with Crippen LogP contribution in [0.4, 0.5) is 0 Å². The summed E-state index contributed by atoms with van der Waals surface area (Å²) in [6.45, 7) is 0. The van der Waals surface area contributed by atoms with Gasteiger partial charge in [0.15, 0.2) is 9.84 Å². The SMILES string of the molecule is O=S1(=O)CCCC1(c1ccccc1)C1CCCCC1. The van der Waals surface area contributed by atoms with E-state index in [1.807, 2.05) is 30.3 Å². The minimum Gasteiger partial charge on any atom is -0.228 e. The first kappa shape index (κ1) is 13.2. The Balaban J connectivity index is 2.11. The fourth-order valence-electron chi connectivity index (χ4n) is 4.17. The fourth-order valence-corrected chi connectivity index (χ4v) is 6.75. The van der Waals surface area contributed by atoms with Crippen LogP contribution in [-0.4, -0.2) is 14.2 Å². The average Bonchev–Trinajstić information content (AvgIpc) is 2.77. The second-order valence-electron chi connectivity index (χ2n) is 6.01. The Morgan fingerprint density at radius 2 is 1.63 bits per heavy atom. The lowest BCUT2D eigenvalue weighted by atomic mass is 9.74. The molecule has 0 spiro atoms. The van der Waals surface area contributed by atoms with E-state index in [2.05, 4.69) is 0 Å². The molecular weight excluding hydrogens is 256 g/mol. The van der Waals surface area contributed by atoms with Crippen molar-refractivity contribution in [3.63, 3.8) is 0 Å². The van der Waals surface area contributed by atoms with E-state index in [1.165, 1.54) is 19.3 Å². The number of rotatable bonds is 2. The van der Waals surface area contributed by atoms with Crippen LogP contribution in [0.3, 0.4) is 0 Å². The van der Waals surface area contributed by atoms with Gasteiger partial charge < -0.3 is 0 Å². The van der Waals surface area contributed by atoms with E-state index < -0.39 is 14.6 Å². The minimum atomic E-state index is -3.00. The van der Waals surface area contributed by atoms with E-state index in [0.29, 0.717) is 11.7 Å². The van der Waals surface area contributed by atoms with Gasteiger partial charge >= 0.3 is 0 Å². The van der Waals surface area contributed by atoms with E-state index in [4.69, 9.17) is 0 Å². The molecule has 19 heavy (non-hydrogen) atoms. The number of hydrogen-bond donors (Lipinski definition) is 0. The van der Waals surface area contributed by atoms with Crippen molar-refractivity contribution in [1.29, 1.82) is 0 Å².